The van der Waals surface area contributed by atoms with Crippen molar-refractivity contribution in [2.45, 2.75) is 31.0 Å². The number of alkyl halides is 1. The van der Waals surface area contributed by atoms with Gasteiger partial charge < -0.3 is 25.4 Å². The Morgan fingerprint density at radius 3 is 2.96 bits per heavy atom. The summed E-state index contributed by atoms with van der Waals surface area (Å²) in [7, 11) is 0. The molecule has 9 nitrogen and oxygen atoms in total. The Morgan fingerprint density at radius 2 is 2.33 bits per heavy atom. The number of hydrogen-bond donors (Lipinski definition) is 3. The summed E-state index contributed by atoms with van der Waals surface area (Å²) in [6.07, 6.45) is -1.79. The molecule has 1 saturated heterocycles. The van der Waals surface area contributed by atoms with E-state index in [-0.39, 0.29) is 23.0 Å². The summed E-state index contributed by atoms with van der Waals surface area (Å²) in [5, 5.41) is 19.4. The molecule has 0 spiro atoms. The third-order valence-electron chi connectivity index (χ3n) is 3.92. The molecule has 0 aliphatic carbocycles. The minimum Gasteiger partial charge on any atom is -0.476 e. The SMILES string of the molecule is C=C[C@]1(F)C(n2cnc3c(OCC)nc(N)nc32)OC(CO)[C@H]1O. The second-order valence-corrected chi connectivity index (χ2v) is 5.33. The molecule has 2 unspecified atom stereocenters. The zero-order valence-corrected chi connectivity index (χ0v) is 13.0. The average Bonchev–Trinajstić information content (AvgIpc) is 3.08. The molecule has 0 saturated carbocycles. The molecule has 1 aliphatic rings. The van der Waals surface area contributed by atoms with Crippen LogP contribution in [0.4, 0.5) is 10.3 Å². The van der Waals surface area contributed by atoms with Crippen molar-refractivity contribution in [1.29, 1.82) is 0 Å². The van der Waals surface area contributed by atoms with Gasteiger partial charge in [-0.15, -0.1) is 0 Å². The van der Waals surface area contributed by atoms with Crippen molar-refractivity contribution < 1.29 is 24.1 Å². The Morgan fingerprint density at radius 1 is 1.58 bits per heavy atom. The van der Waals surface area contributed by atoms with Gasteiger partial charge in [0.05, 0.1) is 19.5 Å². The first kappa shape index (κ1) is 16.6. The number of aliphatic hydroxyl groups excluding tert-OH is 2. The second-order valence-electron chi connectivity index (χ2n) is 5.33. The highest BCUT2D eigenvalue weighted by atomic mass is 19.1. The summed E-state index contributed by atoms with van der Waals surface area (Å²) in [5.74, 6) is 0.0899. The van der Waals surface area contributed by atoms with Crippen LogP contribution >= 0.6 is 0 Å². The Kier molecular flexibility index (Phi) is 4.11. The molecule has 10 heteroatoms. The molecular weight excluding hydrogens is 321 g/mol. The molecule has 0 bridgehead atoms. The third-order valence-corrected chi connectivity index (χ3v) is 3.92. The molecule has 3 rings (SSSR count). The predicted octanol–water partition coefficient (Wildman–Crippen LogP) is -0.0479. The van der Waals surface area contributed by atoms with Gasteiger partial charge in [-0.3, -0.25) is 4.57 Å². The number of nitrogens with zero attached hydrogens (tertiary/aromatic N) is 4. The zero-order valence-electron chi connectivity index (χ0n) is 13.0. The van der Waals surface area contributed by atoms with Crippen molar-refractivity contribution in [3.05, 3.63) is 19.0 Å². The highest BCUT2D eigenvalue weighted by molar-refractivity contribution is 5.77. The van der Waals surface area contributed by atoms with Crippen LogP contribution in [0.5, 0.6) is 5.88 Å². The van der Waals surface area contributed by atoms with E-state index in [2.05, 4.69) is 21.5 Å². The molecule has 1 aliphatic heterocycles. The summed E-state index contributed by atoms with van der Waals surface area (Å²) in [6.45, 7) is 4.98. The van der Waals surface area contributed by atoms with Gasteiger partial charge in [0, 0.05) is 0 Å². The van der Waals surface area contributed by atoms with Gasteiger partial charge in [-0.05, 0) is 13.0 Å². The van der Waals surface area contributed by atoms with Gasteiger partial charge in [0.15, 0.2) is 17.4 Å². The second kappa shape index (κ2) is 5.96. The highest BCUT2D eigenvalue weighted by Gasteiger charge is 2.56. The Hall–Kier alpha value is -2.30. The van der Waals surface area contributed by atoms with Crippen LogP contribution in [-0.4, -0.2) is 60.8 Å². The smallest absolute Gasteiger partial charge is 0.247 e. The first-order chi connectivity index (χ1) is 11.5. The van der Waals surface area contributed by atoms with Gasteiger partial charge in [0.2, 0.25) is 17.5 Å². The van der Waals surface area contributed by atoms with Crippen LogP contribution in [0.3, 0.4) is 0 Å². The molecule has 2 aromatic rings. The lowest BCUT2D eigenvalue weighted by atomic mass is 9.96. The van der Waals surface area contributed by atoms with Crippen LogP contribution < -0.4 is 10.5 Å². The monoisotopic (exact) mass is 339 g/mol. The highest BCUT2D eigenvalue weighted by Crippen LogP contribution is 2.43. The van der Waals surface area contributed by atoms with E-state index in [0.717, 1.165) is 6.08 Å². The fraction of sp³-hybridized carbons (Fsp3) is 0.500. The topological polar surface area (TPSA) is 129 Å². The maximum atomic E-state index is 15.2. The molecule has 24 heavy (non-hydrogen) atoms. The van der Waals surface area contributed by atoms with Crippen LogP contribution in [0.1, 0.15) is 13.2 Å². The molecule has 0 amide bonds. The van der Waals surface area contributed by atoms with E-state index in [1.54, 1.807) is 6.92 Å². The lowest BCUT2D eigenvalue weighted by Gasteiger charge is -2.25. The fourth-order valence-electron chi connectivity index (χ4n) is 2.73. The largest absolute Gasteiger partial charge is 0.476 e. The van der Waals surface area contributed by atoms with Crippen LogP contribution in [0.15, 0.2) is 19.0 Å². The number of aromatic nitrogens is 4. The summed E-state index contributed by atoms with van der Waals surface area (Å²) in [6, 6.07) is 0. The molecule has 1 fully saturated rings. The van der Waals surface area contributed by atoms with E-state index in [4.69, 9.17) is 15.2 Å². The van der Waals surface area contributed by atoms with Gasteiger partial charge in [-0.25, -0.2) is 9.37 Å². The number of imidazole rings is 1. The molecule has 130 valence electrons. The van der Waals surface area contributed by atoms with Gasteiger partial charge in [-0.1, -0.05) is 6.58 Å². The van der Waals surface area contributed by atoms with Crippen LogP contribution in [0.2, 0.25) is 0 Å². The predicted molar refractivity (Wildman–Crippen MR) is 81.9 cm³/mol. The Balaban J connectivity index is 2.14. The van der Waals surface area contributed by atoms with E-state index in [9.17, 15) is 10.2 Å². The molecule has 0 radical (unpaired) electrons. The van der Waals surface area contributed by atoms with E-state index in [1.165, 1.54) is 10.9 Å². The lowest BCUT2D eigenvalue weighted by molar-refractivity contribution is -0.0515. The number of nitrogens with two attached hydrogens (primary N) is 1. The van der Waals surface area contributed by atoms with Crippen molar-refractivity contribution in [3.8, 4) is 5.88 Å². The quantitative estimate of drug-likeness (QED) is 0.647. The van der Waals surface area contributed by atoms with E-state index < -0.39 is 30.7 Å². The maximum Gasteiger partial charge on any atom is 0.247 e. The number of rotatable bonds is 5. The first-order valence-electron chi connectivity index (χ1n) is 7.36. The zero-order chi connectivity index (χ0) is 17.5. The number of fused-ring (bicyclic) bond motifs is 1. The number of nitrogen functional groups attached to an aromatic ring is 1. The van der Waals surface area contributed by atoms with Crippen molar-refractivity contribution in [2.24, 2.45) is 0 Å². The summed E-state index contributed by atoms with van der Waals surface area (Å²) in [4.78, 5) is 12.1. The molecule has 4 atom stereocenters. The normalized spacial score (nSPS) is 29.9. The minimum atomic E-state index is -2.34. The van der Waals surface area contributed by atoms with Gasteiger partial charge in [0.1, 0.15) is 12.2 Å². The van der Waals surface area contributed by atoms with Gasteiger partial charge in [0.25, 0.3) is 0 Å². The van der Waals surface area contributed by atoms with E-state index in [1.807, 2.05) is 0 Å². The number of anilines is 1. The third kappa shape index (κ3) is 2.30. The van der Waals surface area contributed by atoms with E-state index >= 15 is 4.39 Å². The van der Waals surface area contributed by atoms with Crippen molar-refractivity contribution in [2.75, 3.05) is 18.9 Å². The van der Waals surface area contributed by atoms with Crippen LogP contribution in [0, 0.1) is 0 Å². The fourth-order valence-corrected chi connectivity index (χ4v) is 2.73. The van der Waals surface area contributed by atoms with Gasteiger partial charge >= 0.3 is 0 Å². The van der Waals surface area contributed by atoms with Gasteiger partial charge in [-0.2, -0.15) is 9.97 Å². The lowest BCUT2D eigenvalue weighted by Crippen LogP contribution is -2.41. The molecule has 2 aromatic heterocycles. The summed E-state index contributed by atoms with van der Waals surface area (Å²) < 4.78 is 27.3. The number of ether oxygens (including phenoxy) is 2. The molecule has 0 aromatic carbocycles. The first-order valence-corrected chi connectivity index (χ1v) is 7.36. The Bertz CT molecular complexity index is 769. The van der Waals surface area contributed by atoms with Crippen LogP contribution in [0.25, 0.3) is 11.2 Å². The Labute approximate surface area is 136 Å². The van der Waals surface area contributed by atoms with E-state index in [0.29, 0.717) is 6.61 Å². The number of halogens is 1. The maximum absolute atomic E-state index is 15.2. The molecular formula is C14H18FN5O4. The van der Waals surface area contributed by atoms with Crippen molar-refractivity contribution in [1.82, 2.24) is 19.5 Å². The summed E-state index contributed by atoms with van der Waals surface area (Å²) >= 11 is 0. The van der Waals surface area contributed by atoms with Crippen molar-refractivity contribution >= 4 is 17.1 Å². The average molecular weight is 339 g/mol. The van der Waals surface area contributed by atoms with Crippen LogP contribution in [-0.2, 0) is 4.74 Å². The molecule has 4 N–H and O–H groups in total. The van der Waals surface area contributed by atoms with Crippen molar-refractivity contribution in [3.63, 3.8) is 0 Å². The molecule has 3 heterocycles. The standard InChI is InChI=1S/C14H18FN5O4/c1-3-14(15)9(22)7(5-21)24-12(14)20-6-17-8-10(20)18-13(16)19-11(8)23-4-2/h3,6-7,9,12,21-22H,1,4-5H2,2H3,(H2,16,18,19)/t7?,9-,12?,14-/m1/s1. The number of aliphatic hydroxyl groups is 2. The summed E-state index contributed by atoms with van der Waals surface area (Å²) in [5.41, 5.74) is 3.80. The number of hydrogen-bond acceptors (Lipinski definition) is 8. The minimum absolute atomic E-state index is 0.0759.